The largest absolute Gasteiger partial charge is 0.451 e. The lowest BCUT2D eigenvalue weighted by atomic mass is 9.96. The summed E-state index contributed by atoms with van der Waals surface area (Å²) in [5.74, 6) is -1.10. The van der Waals surface area contributed by atoms with Crippen molar-refractivity contribution in [1.82, 2.24) is 14.7 Å². The molecule has 2 amide bonds. The molecule has 1 atom stereocenters. The second-order valence-electron chi connectivity index (χ2n) is 6.00. The average molecular weight is 324 g/mol. The molecule has 0 saturated carbocycles. The van der Waals surface area contributed by atoms with Crippen LogP contribution in [0, 0.1) is 0 Å². The fourth-order valence-corrected chi connectivity index (χ4v) is 3.17. The predicted octanol–water partition coefficient (Wildman–Crippen LogP) is 1.39. The van der Waals surface area contributed by atoms with Gasteiger partial charge in [-0.05, 0) is 12.1 Å². The third-order valence-corrected chi connectivity index (χ3v) is 4.30. The first kappa shape index (κ1) is 14.5. The van der Waals surface area contributed by atoms with Gasteiger partial charge < -0.3 is 15.1 Å². The first-order chi connectivity index (χ1) is 11.5. The van der Waals surface area contributed by atoms with Gasteiger partial charge in [-0.3, -0.25) is 14.3 Å². The van der Waals surface area contributed by atoms with E-state index in [9.17, 15) is 9.59 Å². The van der Waals surface area contributed by atoms with Gasteiger partial charge in [-0.25, -0.2) is 0 Å². The molecule has 7 nitrogen and oxygen atoms in total. The number of amides is 2. The minimum Gasteiger partial charge on any atom is -0.451 e. The van der Waals surface area contributed by atoms with Crippen LogP contribution in [0.15, 0.2) is 40.9 Å². The lowest BCUT2D eigenvalue weighted by Crippen LogP contribution is -2.42. The standard InChI is InChI=1S/C17H16N4O3/c1-20-7-11-8-21(9-12(16(18)22)15(11)19-20)17(23)14-6-10-4-2-3-5-13(10)24-14/h2-7,12H,8-9H2,1H3,(H2,18,22)/t12-/m1/s1. The SMILES string of the molecule is Cn1cc2c(n1)[C@H](C(N)=O)CN(C(=O)c1cc3ccccc3o1)C2. The zero-order valence-electron chi connectivity index (χ0n) is 13.1. The van der Waals surface area contributed by atoms with Crippen molar-refractivity contribution in [3.8, 4) is 0 Å². The van der Waals surface area contributed by atoms with Gasteiger partial charge in [0.1, 0.15) is 5.58 Å². The van der Waals surface area contributed by atoms with Crippen molar-refractivity contribution in [3.05, 3.63) is 53.5 Å². The van der Waals surface area contributed by atoms with E-state index in [0.717, 1.165) is 10.9 Å². The topological polar surface area (TPSA) is 94.4 Å². The first-order valence-corrected chi connectivity index (χ1v) is 7.62. The molecule has 0 unspecified atom stereocenters. The number of nitrogens with zero attached hydrogens (tertiary/aromatic N) is 3. The molecule has 2 aromatic heterocycles. The zero-order valence-corrected chi connectivity index (χ0v) is 13.1. The summed E-state index contributed by atoms with van der Waals surface area (Å²) in [6.45, 7) is 0.581. The highest BCUT2D eigenvalue weighted by molar-refractivity contribution is 5.96. The van der Waals surface area contributed by atoms with Crippen LogP contribution in [0.1, 0.15) is 27.7 Å². The summed E-state index contributed by atoms with van der Waals surface area (Å²) in [6, 6.07) is 9.16. The molecule has 1 aromatic carbocycles. The van der Waals surface area contributed by atoms with Crippen LogP contribution in [-0.2, 0) is 18.4 Å². The molecule has 0 fully saturated rings. The maximum Gasteiger partial charge on any atom is 0.289 e. The lowest BCUT2D eigenvalue weighted by molar-refractivity contribution is -0.120. The Balaban J connectivity index is 1.69. The van der Waals surface area contributed by atoms with Gasteiger partial charge in [0, 0.05) is 37.3 Å². The second kappa shape index (κ2) is 5.23. The molecule has 0 bridgehead atoms. The smallest absolute Gasteiger partial charge is 0.289 e. The summed E-state index contributed by atoms with van der Waals surface area (Å²) in [7, 11) is 1.78. The molecule has 0 saturated heterocycles. The fraction of sp³-hybridized carbons (Fsp3) is 0.235. The van der Waals surface area contributed by atoms with Gasteiger partial charge in [-0.1, -0.05) is 18.2 Å². The number of nitrogens with two attached hydrogens (primary N) is 1. The quantitative estimate of drug-likeness (QED) is 0.770. The molecular formula is C17H16N4O3. The van der Waals surface area contributed by atoms with Crippen molar-refractivity contribution in [2.75, 3.05) is 6.54 Å². The zero-order chi connectivity index (χ0) is 16.8. The number of carbonyl (C=O) groups excluding carboxylic acids is 2. The molecule has 2 N–H and O–H groups in total. The van der Waals surface area contributed by atoms with Crippen LogP contribution >= 0.6 is 0 Å². The van der Waals surface area contributed by atoms with Crippen LogP contribution in [-0.4, -0.2) is 33.0 Å². The number of furan rings is 1. The summed E-state index contributed by atoms with van der Waals surface area (Å²) in [4.78, 5) is 26.2. The molecule has 0 radical (unpaired) electrons. The Bertz CT molecular complexity index is 923. The molecular weight excluding hydrogens is 308 g/mol. The predicted molar refractivity (Wildman–Crippen MR) is 86.1 cm³/mol. The van der Waals surface area contributed by atoms with Gasteiger partial charge >= 0.3 is 0 Å². The minimum atomic E-state index is -0.608. The Kier molecular flexibility index (Phi) is 3.16. The Morgan fingerprint density at radius 3 is 2.88 bits per heavy atom. The van der Waals surface area contributed by atoms with Gasteiger partial charge in [0.15, 0.2) is 5.76 Å². The number of carbonyl (C=O) groups is 2. The van der Waals surface area contributed by atoms with E-state index in [1.807, 2.05) is 30.5 Å². The third kappa shape index (κ3) is 2.25. The summed E-state index contributed by atoms with van der Waals surface area (Å²) in [6.07, 6.45) is 1.81. The minimum absolute atomic E-state index is 0.204. The molecule has 4 rings (SSSR count). The van der Waals surface area contributed by atoms with Crippen LogP contribution in [0.25, 0.3) is 11.0 Å². The number of rotatable bonds is 2. The van der Waals surface area contributed by atoms with Crippen LogP contribution in [0.5, 0.6) is 0 Å². The van der Waals surface area contributed by atoms with Crippen molar-refractivity contribution < 1.29 is 14.0 Å². The molecule has 1 aliphatic heterocycles. The van der Waals surface area contributed by atoms with Crippen LogP contribution < -0.4 is 5.73 Å². The van der Waals surface area contributed by atoms with E-state index in [2.05, 4.69) is 5.10 Å². The molecule has 1 aliphatic rings. The molecule has 0 spiro atoms. The van der Waals surface area contributed by atoms with Gasteiger partial charge in [0.2, 0.25) is 5.91 Å². The number of benzene rings is 1. The van der Waals surface area contributed by atoms with Crippen molar-refractivity contribution in [2.45, 2.75) is 12.5 Å². The van der Waals surface area contributed by atoms with Crippen molar-refractivity contribution in [3.63, 3.8) is 0 Å². The number of para-hydroxylation sites is 1. The van der Waals surface area contributed by atoms with Gasteiger partial charge in [0.05, 0.1) is 11.6 Å². The van der Waals surface area contributed by atoms with E-state index in [1.54, 1.807) is 22.7 Å². The molecule has 3 heterocycles. The van der Waals surface area contributed by atoms with E-state index >= 15 is 0 Å². The monoisotopic (exact) mass is 324 g/mol. The van der Waals surface area contributed by atoms with Crippen molar-refractivity contribution in [2.24, 2.45) is 12.8 Å². The molecule has 24 heavy (non-hydrogen) atoms. The van der Waals surface area contributed by atoms with E-state index in [1.165, 1.54) is 0 Å². The Morgan fingerprint density at radius 2 is 2.12 bits per heavy atom. The Labute approximate surface area is 137 Å². The van der Waals surface area contributed by atoms with Gasteiger partial charge in [-0.15, -0.1) is 0 Å². The normalized spacial score (nSPS) is 17.0. The number of hydrogen-bond acceptors (Lipinski definition) is 4. The van der Waals surface area contributed by atoms with Crippen LogP contribution in [0.3, 0.4) is 0 Å². The van der Waals surface area contributed by atoms with Crippen molar-refractivity contribution in [1.29, 1.82) is 0 Å². The van der Waals surface area contributed by atoms with Crippen LogP contribution in [0.2, 0.25) is 0 Å². The highest BCUT2D eigenvalue weighted by atomic mass is 16.3. The molecule has 0 aliphatic carbocycles. The van der Waals surface area contributed by atoms with E-state index in [4.69, 9.17) is 10.2 Å². The summed E-state index contributed by atoms with van der Waals surface area (Å²) < 4.78 is 7.28. The van der Waals surface area contributed by atoms with Crippen molar-refractivity contribution >= 4 is 22.8 Å². The first-order valence-electron chi connectivity index (χ1n) is 7.62. The van der Waals surface area contributed by atoms with Gasteiger partial charge in [0.25, 0.3) is 5.91 Å². The third-order valence-electron chi connectivity index (χ3n) is 4.30. The maximum atomic E-state index is 12.8. The van der Waals surface area contributed by atoms with Gasteiger partial charge in [-0.2, -0.15) is 5.10 Å². The summed E-state index contributed by atoms with van der Waals surface area (Å²) >= 11 is 0. The Morgan fingerprint density at radius 1 is 1.33 bits per heavy atom. The molecule has 122 valence electrons. The highest BCUT2D eigenvalue weighted by Gasteiger charge is 2.35. The number of primary amides is 1. The van der Waals surface area contributed by atoms with E-state index < -0.39 is 11.8 Å². The molecule has 7 heteroatoms. The van der Waals surface area contributed by atoms with E-state index in [0.29, 0.717) is 17.8 Å². The summed E-state index contributed by atoms with van der Waals surface area (Å²) in [5.41, 5.74) is 7.64. The number of aryl methyl sites for hydroxylation is 1. The average Bonchev–Trinajstić information content (AvgIpc) is 3.14. The Hall–Kier alpha value is -3.09. The summed E-state index contributed by atoms with van der Waals surface area (Å²) in [5, 5.41) is 5.18. The van der Waals surface area contributed by atoms with E-state index in [-0.39, 0.29) is 18.2 Å². The highest BCUT2D eigenvalue weighted by Crippen LogP contribution is 2.29. The molecule has 3 aromatic rings. The lowest BCUT2D eigenvalue weighted by Gasteiger charge is -2.29. The second-order valence-corrected chi connectivity index (χ2v) is 6.00. The fourth-order valence-electron chi connectivity index (χ4n) is 3.17. The van der Waals surface area contributed by atoms with Crippen LogP contribution in [0.4, 0.5) is 0 Å². The number of aromatic nitrogens is 2. The number of hydrogen-bond donors (Lipinski definition) is 1. The maximum absolute atomic E-state index is 12.8. The number of fused-ring (bicyclic) bond motifs is 2.